The minimum Gasteiger partial charge on any atom is -0.469 e. The Hall–Kier alpha value is -1.50. The van der Waals surface area contributed by atoms with E-state index in [0.717, 1.165) is 39.0 Å². The Morgan fingerprint density at radius 2 is 2.00 bits per heavy atom. The van der Waals surface area contributed by atoms with Gasteiger partial charge in [0.25, 0.3) is 0 Å². The standard InChI is InChI=1S/C16H28N4O3/c1-18(2)16(21)20-10-6-7-14(20)15-17-22-12-13(23-15)11-19-8-4-3-5-9-19/h13-14H,3-12H2,1-2H3. The van der Waals surface area contributed by atoms with Crippen LogP contribution in [0.4, 0.5) is 4.79 Å². The van der Waals surface area contributed by atoms with E-state index in [-0.39, 0.29) is 18.2 Å². The van der Waals surface area contributed by atoms with E-state index < -0.39 is 0 Å². The number of likely N-dealkylation sites (tertiary alicyclic amines) is 2. The fourth-order valence-corrected chi connectivity index (χ4v) is 3.58. The fraction of sp³-hybridized carbons (Fsp3) is 0.875. The first kappa shape index (κ1) is 16.4. The molecular formula is C16H28N4O3. The van der Waals surface area contributed by atoms with Crippen molar-refractivity contribution in [3.8, 4) is 0 Å². The van der Waals surface area contributed by atoms with E-state index >= 15 is 0 Å². The molecule has 0 aromatic carbocycles. The molecule has 3 rings (SSSR count). The van der Waals surface area contributed by atoms with E-state index in [4.69, 9.17) is 9.57 Å². The number of oxime groups is 1. The molecule has 3 heterocycles. The molecule has 3 aliphatic heterocycles. The molecule has 130 valence electrons. The third kappa shape index (κ3) is 3.88. The van der Waals surface area contributed by atoms with Crippen LogP contribution in [0.15, 0.2) is 5.16 Å². The lowest BCUT2D eigenvalue weighted by atomic mass is 10.1. The molecule has 0 aromatic rings. The maximum Gasteiger partial charge on any atom is 0.320 e. The van der Waals surface area contributed by atoms with Gasteiger partial charge in [-0.05, 0) is 43.9 Å². The van der Waals surface area contributed by atoms with Crippen molar-refractivity contribution in [2.75, 3.05) is 46.9 Å². The Bertz CT molecular complexity index is 449. The van der Waals surface area contributed by atoms with Gasteiger partial charge in [-0.2, -0.15) is 0 Å². The van der Waals surface area contributed by atoms with Gasteiger partial charge in [0.2, 0.25) is 5.90 Å². The molecule has 0 N–H and O–H groups in total. The van der Waals surface area contributed by atoms with E-state index in [2.05, 4.69) is 10.1 Å². The second kappa shape index (κ2) is 7.38. The monoisotopic (exact) mass is 324 g/mol. The number of nitrogens with zero attached hydrogens (tertiary/aromatic N) is 4. The predicted molar refractivity (Wildman–Crippen MR) is 87.4 cm³/mol. The molecule has 2 amide bonds. The van der Waals surface area contributed by atoms with Crippen molar-refractivity contribution < 1.29 is 14.4 Å². The minimum atomic E-state index is -0.0888. The highest BCUT2D eigenvalue weighted by atomic mass is 16.7. The van der Waals surface area contributed by atoms with E-state index in [0.29, 0.717) is 12.5 Å². The van der Waals surface area contributed by atoms with Gasteiger partial charge in [0.1, 0.15) is 12.1 Å². The van der Waals surface area contributed by atoms with Gasteiger partial charge in [0.15, 0.2) is 6.61 Å². The Balaban J connectivity index is 1.59. The third-order valence-corrected chi connectivity index (χ3v) is 4.78. The molecule has 3 aliphatic rings. The number of ether oxygens (including phenoxy) is 1. The van der Waals surface area contributed by atoms with Crippen molar-refractivity contribution >= 4 is 11.9 Å². The zero-order chi connectivity index (χ0) is 16.2. The molecule has 7 nitrogen and oxygen atoms in total. The van der Waals surface area contributed by atoms with Gasteiger partial charge in [-0.3, -0.25) is 4.90 Å². The van der Waals surface area contributed by atoms with E-state index in [1.165, 1.54) is 19.3 Å². The summed E-state index contributed by atoms with van der Waals surface area (Å²) in [6.07, 6.45) is 5.73. The largest absolute Gasteiger partial charge is 0.469 e. The van der Waals surface area contributed by atoms with Crippen LogP contribution in [0, 0.1) is 0 Å². The molecule has 0 bridgehead atoms. The molecule has 0 aromatic heterocycles. The summed E-state index contributed by atoms with van der Waals surface area (Å²) in [6.45, 7) is 4.41. The quantitative estimate of drug-likeness (QED) is 0.786. The first-order valence-electron chi connectivity index (χ1n) is 8.72. The molecule has 0 saturated carbocycles. The average Bonchev–Trinajstić information content (AvgIpc) is 3.05. The molecule has 0 spiro atoms. The van der Waals surface area contributed by atoms with Crippen LogP contribution in [0.1, 0.15) is 32.1 Å². The third-order valence-electron chi connectivity index (χ3n) is 4.78. The summed E-state index contributed by atoms with van der Waals surface area (Å²) in [6, 6.07) is -0.0778. The lowest BCUT2D eigenvalue weighted by Gasteiger charge is -2.34. The van der Waals surface area contributed by atoms with Crippen LogP contribution in [0.5, 0.6) is 0 Å². The number of carbonyl (C=O) groups excluding carboxylic acids is 1. The van der Waals surface area contributed by atoms with Gasteiger partial charge in [-0.15, -0.1) is 0 Å². The number of hydrogen-bond donors (Lipinski definition) is 0. The smallest absolute Gasteiger partial charge is 0.320 e. The van der Waals surface area contributed by atoms with Crippen LogP contribution >= 0.6 is 0 Å². The lowest BCUT2D eigenvalue weighted by Crippen LogP contribution is -2.49. The van der Waals surface area contributed by atoms with Crippen molar-refractivity contribution in [1.82, 2.24) is 14.7 Å². The van der Waals surface area contributed by atoms with Gasteiger partial charge < -0.3 is 19.4 Å². The van der Waals surface area contributed by atoms with Gasteiger partial charge >= 0.3 is 6.03 Å². The number of piperidine rings is 1. The van der Waals surface area contributed by atoms with E-state index in [9.17, 15) is 4.79 Å². The maximum atomic E-state index is 12.3. The Kier molecular flexibility index (Phi) is 5.25. The van der Waals surface area contributed by atoms with Crippen molar-refractivity contribution in [3.05, 3.63) is 0 Å². The summed E-state index contributed by atoms with van der Waals surface area (Å²) in [5.41, 5.74) is 0. The second-order valence-corrected chi connectivity index (χ2v) is 6.85. The molecular weight excluding hydrogens is 296 g/mol. The topological polar surface area (TPSA) is 57.6 Å². The molecule has 2 unspecified atom stereocenters. The minimum absolute atomic E-state index is 0.0111. The summed E-state index contributed by atoms with van der Waals surface area (Å²) in [5, 5.41) is 4.11. The summed E-state index contributed by atoms with van der Waals surface area (Å²) >= 11 is 0. The number of carbonyl (C=O) groups is 1. The molecule has 2 saturated heterocycles. The maximum absolute atomic E-state index is 12.3. The SMILES string of the molecule is CN(C)C(=O)N1CCCC1C1=NOCC(CN2CCCCC2)O1. The Morgan fingerprint density at radius 1 is 1.22 bits per heavy atom. The molecule has 2 fully saturated rings. The highest BCUT2D eigenvalue weighted by molar-refractivity contribution is 5.87. The fourth-order valence-electron chi connectivity index (χ4n) is 3.58. The predicted octanol–water partition coefficient (Wildman–Crippen LogP) is 1.35. The summed E-state index contributed by atoms with van der Waals surface area (Å²) in [5.74, 6) is 0.575. The van der Waals surface area contributed by atoms with Gasteiger partial charge in [-0.1, -0.05) is 6.42 Å². The Morgan fingerprint density at radius 3 is 2.74 bits per heavy atom. The number of urea groups is 1. The molecule has 2 atom stereocenters. The average molecular weight is 324 g/mol. The van der Waals surface area contributed by atoms with E-state index in [1.54, 1.807) is 19.0 Å². The van der Waals surface area contributed by atoms with E-state index in [1.807, 2.05) is 4.90 Å². The van der Waals surface area contributed by atoms with Crippen LogP contribution in [0.2, 0.25) is 0 Å². The number of hydrogen-bond acceptors (Lipinski definition) is 5. The van der Waals surface area contributed by atoms with Crippen LogP contribution in [-0.4, -0.2) is 85.7 Å². The summed E-state index contributed by atoms with van der Waals surface area (Å²) < 4.78 is 6.10. The summed E-state index contributed by atoms with van der Waals surface area (Å²) in [4.78, 5) is 23.6. The highest BCUT2D eigenvalue weighted by Gasteiger charge is 2.37. The number of amides is 2. The van der Waals surface area contributed by atoms with Crippen molar-refractivity contribution in [3.63, 3.8) is 0 Å². The van der Waals surface area contributed by atoms with Crippen molar-refractivity contribution in [1.29, 1.82) is 0 Å². The molecule has 0 aliphatic carbocycles. The highest BCUT2D eigenvalue weighted by Crippen LogP contribution is 2.23. The number of rotatable bonds is 3. The zero-order valence-electron chi connectivity index (χ0n) is 14.2. The van der Waals surface area contributed by atoms with Crippen LogP contribution < -0.4 is 0 Å². The van der Waals surface area contributed by atoms with Crippen molar-refractivity contribution in [2.45, 2.75) is 44.2 Å². The molecule has 0 radical (unpaired) electrons. The first-order chi connectivity index (χ1) is 11.1. The van der Waals surface area contributed by atoms with Gasteiger partial charge in [0, 0.05) is 27.2 Å². The normalized spacial score (nSPS) is 28.8. The first-order valence-corrected chi connectivity index (χ1v) is 8.72. The lowest BCUT2D eigenvalue weighted by molar-refractivity contribution is -0.0159. The van der Waals surface area contributed by atoms with Crippen LogP contribution in [-0.2, 0) is 9.57 Å². The van der Waals surface area contributed by atoms with Crippen LogP contribution in [0.25, 0.3) is 0 Å². The molecule has 23 heavy (non-hydrogen) atoms. The van der Waals surface area contributed by atoms with Gasteiger partial charge in [0.05, 0.1) is 0 Å². The van der Waals surface area contributed by atoms with Crippen molar-refractivity contribution in [2.24, 2.45) is 5.16 Å². The summed E-state index contributed by atoms with van der Waals surface area (Å²) in [7, 11) is 3.55. The Labute approximate surface area is 138 Å². The van der Waals surface area contributed by atoms with Gasteiger partial charge in [-0.25, -0.2) is 4.79 Å². The zero-order valence-corrected chi connectivity index (χ0v) is 14.2. The molecule has 7 heteroatoms. The van der Waals surface area contributed by atoms with Crippen LogP contribution in [0.3, 0.4) is 0 Å². The second-order valence-electron chi connectivity index (χ2n) is 6.85.